The highest BCUT2D eigenvalue weighted by atomic mass is 32.2. The van der Waals surface area contributed by atoms with Crippen molar-refractivity contribution in [1.29, 1.82) is 0 Å². The molecule has 21 heavy (non-hydrogen) atoms. The SMILES string of the molecule is Cc1c(C2C(=O)CCCC2=O)ccc2c1CCCS2(=O)=O. The molecule has 0 N–H and O–H groups in total. The molecule has 0 radical (unpaired) electrons. The van der Waals surface area contributed by atoms with Crippen molar-refractivity contribution < 1.29 is 18.0 Å². The fraction of sp³-hybridized carbons (Fsp3) is 0.500. The summed E-state index contributed by atoms with van der Waals surface area (Å²) in [5.41, 5.74) is 2.31. The molecule has 0 amide bonds. The molecule has 1 aliphatic carbocycles. The molecular weight excluding hydrogens is 288 g/mol. The number of sulfone groups is 1. The molecule has 1 aromatic carbocycles. The summed E-state index contributed by atoms with van der Waals surface area (Å²) in [5.74, 6) is -0.574. The predicted molar refractivity (Wildman–Crippen MR) is 78.2 cm³/mol. The van der Waals surface area contributed by atoms with E-state index in [1.807, 2.05) is 6.92 Å². The van der Waals surface area contributed by atoms with Gasteiger partial charge in [-0.2, -0.15) is 0 Å². The molecule has 0 spiro atoms. The van der Waals surface area contributed by atoms with Crippen molar-refractivity contribution in [3.05, 3.63) is 28.8 Å². The minimum absolute atomic E-state index is 0.0343. The zero-order valence-corrected chi connectivity index (χ0v) is 12.8. The van der Waals surface area contributed by atoms with Crippen LogP contribution in [0.25, 0.3) is 0 Å². The molecule has 2 aliphatic rings. The number of ketones is 2. The van der Waals surface area contributed by atoms with Gasteiger partial charge in [0, 0.05) is 12.8 Å². The highest BCUT2D eigenvalue weighted by Crippen LogP contribution is 2.35. The maximum Gasteiger partial charge on any atom is 0.178 e. The smallest absolute Gasteiger partial charge is 0.178 e. The van der Waals surface area contributed by atoms with E-state index in [9.17, 15) is 18.0 Å². The van der Waals surface area contributed by atoms with E-state index >= 15 is 0 Å². The fourth-order valence-corrected chi connectivity index (χ4v) is 5.12. The Morgan fingerprint density at radius 1 is 1.00 bits per heavy atom. The van der Waals surface area contributed by atoms with Crippen LogP contribution in [0.1, 0.15) is 48.3 Å². The molecule has 112 valence electrons. The number of benzene rings is 1. The third-order valence-corrected chi connectivity index (χ3v) is 6.45. The van der Waals surface area contributed by atoms with E-state index in [0.29, 0.717) is 42.6 Å². The number of Topliss-reactive ketones (excluding diaryl/α,β-unsaturated/α-hetero) is 2. The topological polar surface area (TPSA) is 68.3 Å². The van der Waals surface area contributed by atoms with Crippen LogP contribution < -0.4 is 0 Å². The summed E-state index contributed by atoms with van der Waals surface area (Å²) in [5, 5.41) is 0. The van der Waals surface area contributed by atoms with Crippen LogP contribution in [-0.2, 0) is 25.8 Å². The van der Waals surface area contributed by atoms with E-state index in [1.54, 1.807) is 12.1 Å². The molecule has 0 unspecified atom stereocenters. The molecule has 0 saturated heterocycles. The molecule has 0 atom stereocenters. The van der Waals surface area contributed by atoms with Gasteiger partial charge in [-0.05, 0) is 48.9 Å². The van der Waals surface area contributed by atoms with Crippen LogP contribution in [-0.4, -0.2) is 25.7 Å². The zero-order valence-electron chi connectivity index (χ0n) is 12.0. The van der Waals surface area contributed by atoms with Gasteiger partial charge in [0.25, 0.3) is 0 Å². The van der Waals surface area contributed by atoms with Gasteiger partial charge < -0.3 is 0 Å². The van der Waals surface area contributed by atoms with Gasteiger partial charge in [0.05, 0.1) is 10.6 Å². The highest BCUT2D eigenvalue weighted by molar-refractivity contribution is 7.91. The summed E-state index contributed by atoms with van der Waals surface area (Å²) in [7, 11) is -3.21. The van der Waals surface area contributed by atoms with E-state index in [0.717, 1.165) is 11.1 Å². The summed E-state index contributed by atoms with van der Waals surface area (Å²) in [6.07, 6.45) is 2.80. The average Bonchev–Trinajstić information content (AvgIpc) is 2.41. The lowest BCUT2D eigenvalue weighted by Gasteiger charge is -2.25. The third-order valence-electron chi connectivity index (χ3n) is 4.57. The Morgan fingerprint density at radius 3 is 2.33 bits per heavy atom. The predicted octanol–water partition coefficient (Wildman–Crippen LogP) is 2.12. The number of carbonyl (C=O) groups excluding carboxylic acids is 2. The fourth-order valence-electron chi connectivity index (χ4n) is 3.47. The number of hydrogen-bond donors (Lipinski definition) is 0. The Morgan fingerprint density at radius 2 is 1.67 bits per heavy atom. The van der Waals surface area contributed by atoms with Crippen molar-refractivity contribution in [2.45, 2.75) is 49.8 Å². The van der Waals surface area contributed by atoms with E-state index in [4.69, 9.17) is 0 Å². The lowest BCUT2D eigenvalue weighted by Crippen LogP contribution is -2.28. The molecule has 4 nitrogen and oxygen atoms in total. The molecule has 1 fully saturated rings. The number of hydrogen-bond acceptors (Lipinski definition) is 4. The van der Waals surface area contributed by atoms with Gasteiger partial charge >= 0.3 is 0 Å². The van der Waals surface area contributed by atoms with Crippen molar-refractivity contribution in [2.24, 2.45) is 0 Å². The van der Waals surface area contributed by atoms with Crippen molar-refractivity contribution >= 4 is 21.4 Å². The minimum Gasteiger partial charge on any atom is -0.299 e. The Bertz CT molecular complexity index is 715. The van der Waals surface area contributed by atoms with Crippen molar-refractivity contribution in [3.8, 4) is 0 Å². The Hall–Kier alpha value is -1.49. The molecule has 0 bridgehead atoms. The van der Waals surface area contributed by atoms with Crippen molar-refractivity contribution in [3.63, 3.8) is 0 Å². The lowest BCUT2D eigenvalue weighted by molar-refractivity contribution is -0.131. The molecule has 1 saturated carbocycles. The molecule has 1 aromatic rings. The van der Waals surface area contributed by atoms with E-state index in [1.165, 1.54) is 0 Å². The second-order valence-corrected chi connectivity index (χ2v) is 7.98. The van der Waals surface area contributed by atoms with Crippen molar-refractivity contribution in [1.82, 2.24) is 0 Å². The van der Waals surface area contributed by atoms with Crippen molar-refractivity contribution in [2.75, 3.05) is 5.75 Å². The largest absolute Gasteiger partial charge is 0.299 e. The number of rotatable bonds is 1. The monoisotopic (exact) mass is 306 g/mol. The van der Waals surface area contributed by atoms with Gasteiger partial charge in [-0.1, -0.05) is 6.07 Å². The minimum atomic E-state index is -3.21. The van der Waals surface area contributed by atoms with Crippen LogP contribution in [0.4, 0.5) is 0 Å². The van der Waals surface area contributed by atoms with Gasteiger partial charge in [-0.25, -0.2) is 8.42 Å². The number of carbonyl (C=O) groups is 2. The Labute approximate surface area is 124 Å². The van der Waals surface area contributed by atoms with Crippen LogP contribution in [0, 0.1) is 6.92 Å². The van der Waals surface area contributed by atoms with Gasteiger partial charge in [-0.3, -0.25) is 9.59 Å². The van der Waals surface area contributed by atoms with Gasteiger partial charge in [0.2, 0.25) is 0 Å². The molecule has 1 aliphatic heterocycles. The summed E-state index contributed by atoms with van der Waals surface area (Å²) in [4.78, 5) is 24.6. The van der Waals surface area contributed by atoms with Crippen LogP contribution in [0.3, 0.4) is 0 Å². The molecular formula is C16H18O4S. The van der Waals surface area contributed by atoms with Crippen LogP contribution in [0.2, 0.25) is 0 Å². The van der Waals surface area contributed by atoms with Crippen LogP contribution in [0.15, 0.2) is 17.0 Å². The first-order chi connectivity index (χ1) is 9.92. The zero-order chi connectivity index (χ0) is 15.2. The first-order valence-corrected chi connectivity index (χ1v) is 8.97. The summed E-state index contributed by atoms with van der Waals surface area (Å²) < 4.78 is 24.2. The Kier molecular flexibility index (Phi) is 3.48. The molecule has 0 aromatic heterocycles. The maximum absolute atomic E-state index is 12.1. The first kappa shape index (κ1) is 14.4. The first-order valence-electron chi connectivity index (χ1n) is 7.32. The van der Waals surface area contributed by atoms with E-state index in [-0.39, 0.29) is 17.3 Å². The lowest BCUT2D eigenvalue weighted by atomic mass is 9.79. The standard InChI is InChI=1S/C16H18O4S/c1-10-11-4-3-9-21(19,20)15(11)8-7-12(10)16-13(17)5-2-6-14(16)18/h7-8,16H,2-6,9H2,1H3. The summed E-state index contributed by atoms with van der Waals surface area (Å²) in [6.45, 7) is 1.84. The summed E-state index contributed by atoms with van der Waals surface area (Å²) in [6, 6.07) is 3.25. The van der Waals surface area contributed by atoms with E-state index in [2.05, 4.69) is 0 Å². The second-order valence-electron chi connectivity index (χ2n) is 5.90. The van der Waals surface area contributed by atoms with E-state index < -0.39 is 15.8 Å². The maximum atomic E-state index is 12.1. The van der Waals surface area contributed by atoms with Crippen LogP contribution in [0.5, 0.6) is 0 Å². The normalized spacial score (nSPS) is 22.1. The highest BCUT2D eigenvalue weighted by Gasteiger charge is 2.34. The van der Waals surface area contributed by atoms with Crippen LogP contribution >= 0.6 is 0 Å². The number of fused-ring (bicyclic) bond motifs is 1. The second kappa shape index (κ2) is 5.05. The van der Waals surface area contributed by atoms with Gasteiger partial charge in [-0.15, -0.1) is 0 Å². The molecule has 1 heterocycles. The molecule has 3 rings (SSSR count). The Balaban J connectivity index is 2.14. The van der Waals surface area contributed by atoms with Gasteiger partial charge in [0.1, 0.15) is 17.5 Å². The average molecular weight is 306 g/mol. The quantitative estimate of drug-likeness (QED) is 0.745. The van der Waals surface area contributed by atoms with Gasteiger partial charge in [0.15, 0.2) is 9.84 Å². The molecule has 5 heteroatoms. The third kappa shape index (κ3) is 2.33. The summed E-state index contributed by atoms with van der Waals surface area (Å²) >= 11 is 0.